The van der Waals surface area contributed by atoms with Crippen molar-refractivity contribution >= 4 is 0 Å². The molecule has 11 heavy (non-hydrogen) atoms. The molecular formula is C7H14N4. The summed E-state index contributed by atoms with van der Waals surface area (Å²) in [5.41, 5.74) is 0.995. The summed E-state index contributed by atoms with van der Waals surface area (Å²) in [5.74, 6) is 0. The highest BCUT2D eigenvalue weighted by molar-refractivity contribution is 4.98. The molecule has 0 aliphatic carbocycles. The Bertz CT molecular complexity index is 182. The normalized spacial score (nSPS) is 13.3. The summed E-state index contributed by atoms with van der Waals surface area (Å²) in [6, 6.07) is 0.346. The van der Waals surface area contributed by atoms with E-state index in [1.54, 1.807) is 6.20 Å². The molecule has 0 aliphatic heterocycles. The molecular weight excluding hydrogens is 140 g/mol. The van der Waals surface area contributed by atoms with Gasteiger partial charge in [0.25, 0.3) is 0 Å². The average Bonchev–Trinajstić information content (AvgIpc) is 2.52. The lowest BCUT2D eigenvalue weighted by atomic mass is 10.1. The standard InChI is InChI=1S/C7H14N4/c1-3-4-6(8-2)7-5-9-11-10-7/h5-6,8H,3-4H2,1-2H3,(H,9,10,11). The van der Waals surface area contributed by atoms with Gasteiger partial charge in [-0.25, -0.2) is 0 Å². The average molecular weight is 154 g/mol. The van der Waals surface area contributed by atoms with Gasteiger partial charge >= 0.3 is 0 Å². The van der Waals surface area contributed by atoms with E-state index < -0.39 is 0 Å². The number of hydrogen-bond acceptors (Lipinski definition) is 3. The first-order valence-electron chi connectivity index (χ1n) is 3.91. The summed E-state index contributed by atoms with van der Waals surface area (Å²) < 4.78 is 0. The fourth-order valence-electron chi connectivity index (χ4n) is 1.11. The number of nitrogens with one attached hydrogen (secondary N) is 2. The Hall–Kier alpha value is -0.900. The second kappa shape index (κ2) is 4.08. The van der Waals surface area contributed by atoms with Crippen LogP contribution in [-0.4, -0.2) is 22.5 Å². The van der Waals surface area contributed by atoms with Gasteiger partial charge in [-0.3, -0.25) is 0 Å². The Morgan fingerprint density at radius 2 is 2.55 bits per heavy atom. The lowest BCUT2D eigenvalue weighted by Gasteiger charge is -2.10. The maximum atomic E-state index is 4.01. The summed E-state index contributed by atoms with van der Waals surface area (Å²) in [7, 11) is 1.94. The van der Waals surface area contributed by atoms with Gasteiger partial charge in [-0.05, 0) is 13.5 Å². The van der Waals surface area contributed by atoms with Crippen molar-refractivity contribution in [1.82, 2.24) is 20.7 Å². The van der Waals surface area contributed by atoms with Crippen LogP contribution in [0.2, 0.25) is 0 Å². The van der Waals surface area contributed by atoms with Crippen molar-refractivity contribution in [3.05, 3.63) is 11.9 Å². The van der Waals surface area contributed by atoms with Crippen molar-refractivity contribution in [2.75, 3.05) is 7.05 Å². The van der Waals surface area contributed by atoms with Crippen LogP contribution in [0.3, 0.4) is 0 Å². The minimum Gasteiger partial charge on any atom is -0.312 e. The van der Waals surface area contributed by atoms with Crippen LogP contribution in [0, 0.1) is 0 Å². The molecule has 0 saturated carbocycles. The maximum Gasteiger partial charge on any atom is 0.0993 e. The number of rotatable bonds is 4. The summed E-state index contributed by atoms with van der Waals surface area (Å²) in [6.07, 6.45) is 4.01. The maximum absolute atomic E-state index is 4.01. The molecule has 0 bridgehead atoms. The van der Waals surface area contributed by atoms with Gasteiger partial charge in [0, 0.05) is 0 Å². The van der Waals surface area contributed by atoms with Crippen molar-refractivity contribution in [1.29, 1.82) is 0 Å². The van der Waals surface area contributed by atoms with E-state index >= 15 is 0 Å². The number of H-pyrrole nitrogens is 1. The van der Waals surface area contributed by atoms with E-state index in [4.69, 9.17) is 0 Å². The molecule has 1 unspecified atom stereocenters. The van der Waals surface area contributed by atoms with Crippen LogP contribution in [0.15, 0.2) is 6.20 Å². The molecule has 4 nitrogen and oxygen atoms in total. The third-order valence-electron chi connectivity index (χ3n) is 1.72. The molecule has 1 heterocycles. The van der Waals surface area contributed by atoms with E-state index in [-0.39, 0.29) is 0 Å². The number of nitrogens with zero attached hydrogens (tertiary/aromatic N) is 2. The smallest absolute Gasteiger partial charge is 0.0993 e. The van der Waals surface area contributed by atoms with Crippen LogP contribution >= 0.6 is 0 Å². The molecule has 1 atom stereocenters. The molecule has 1 aromatic heterocycles. The summed E-state index contributed by atoms with van der Waals surface area (Å²) in [4.78, 5) is 0. The molecule has 62 valence electrons. The Kier molecular flexibility index (Phi) is 3.04. The zero-order valence-corrected chi connectivity index (χ0v) is 6.96. The molecule has 1 rings (SSSR count). The first-order chi connectivity index (χ1) is 5.38. The topological polar surface area (TPSA) is 53.6 Å². The van der Waals surface area contributed by atoms with Gasteiger partial charge in [-0.1, -0.05) is 13.3 Å². The van der Waals surface area contributed by atoms with Gasteiger partial charge in [0.05, 0.1) is 17.9 Å². The Balaban J connectivity index is 2.56. The first-order valence-corrected chi connectivity index (χ1v) is 3.91. The minimum atomic E-state index is 0.346. The fraction of sp³-hybridized carbons (Fsp3) is 0.714. The largest absolute Gasteiger partial charge is 0.312 e. The highest BCUT2D eigenvalue weighted by Gasteiger charge is 2.09. The van der Waals surface area contributed by atoms with Gasteiger partial charge in [0.1, 0.15) is 0 Å². The second-order valence-corrected chi connectivity index (χ2v) is 2.52. The highest BCUT2D eigenvalue weighted by Crippen LogP contribution is 2.13. The van der Waals surface area contributed by atoms with E-state index in [0.29, 0.717) is 6.04 Å². The molecule has 0 aromatic carbocycles. The minimum absolute atomic E-state index is 0.346. The fourth-order valence-corrected chi connectivity index (χ4v) is 1.11. The zero-order valence-electron chi connectivity index (χ0n) is 6.96. The van der Waals surface area contributed by atoms with Gasteiger partial charge in [0.15, 0.2) is 0 Å². The number of aromatic nitrogens is 3. The van der Waals surface area contributed by atoms with Crippen LogP contribution in [0.25, 0.3) is 0 Å². The lowest BCUT2D eigenvalue weighted by molar-refractivity contribution is 0.527. The monoisotopic (exact) mass is 154 g/mol. The number of aromatic amines is 1. The quantitative estimate of drug-likeness (QED) is 0.676. The Labute approximate surface area is 66.4 Å². The van der Waals surface area contributed by atoms with Crippen LogP contribution in [0.4, 0.5) is 0 Å². The van der Waals surface area contributed by atoms with Gasteiger partial charge in [0.2, 0.25) is 0 Å². The molecule has 2 N–H and O–H groups in total. The lowest BCUT2D eigenvalue weighted by Crippen LogP contribution is -2.16. The van der Waals surface area contributed by atoms with Crippen LogP contribution in [-0.2, 0) is 0 Å². The van der Waals surface area contributed by atoms with E-state index in [1.165, 1.54) is 0 Å². The van der Waals surface area contributed by atoms with Crippen molar-refractivity contribution < 1.29 is 0 Å². The zero-order chi connectivity index (χ0) is 8.10. The van der Waals surface area contributed by atoms with Crippen molar-refractivity contribution in [3.63, 3.8) is 0 Å². The Morgan fingerprint density at radius 3 is 3.00 bits per heavy atom. The van der Waals surface area contributed by atoms with Crippen molar-refractivity contribution in [2.45, 2.75) is 25.8 Å². The van der Waals surface area contributed by atoms with Crippen LogP contribution < -0.4 is 5.32 Å². The predicted octanol–water partition coefficient (Wildman–Crippen LogP) is 0.865. The van der Waals surface area contributed by atoms with E-state index in [9.17, 15) is 0 Å². The van der Waals surface area contributed by atoms with Crippen molar-refractivity contribution in [2.24, 2.45) is 0 Å². The molecule has 0 radical (unpaired) electrons. The molecule has 0 spiro atoms. The van der Waals surface area contributed by atoms with E-state index in [0.717, 1.165) is 18.5 Å². The molecule has 0 amide bonds. The van der Waals surface area contributed by atoms with Crippen molar-refractivity contribution in [3.8, 4) is 0 Å². The van der Waals surface area contributed by atoms with Gasteiger partial charge in [-0.2, -0.15) is 15.4 Å². The summed E-state index contributed by atoms with van der Waals surface area (Å²) in [5, 5.41) is 13.6. The predicted molar refractivity (Wildman–Crippen MR) is 43.1 cm³/mol. The second-order valence-electron chi connectivity index (χ2n) is 2.52. The molecule has 4 heteroatoms. The molecule has 0 fully saturated rings. The molecule has 1 aromatic rings. The molecule has 0 aliphatic rings. The van der Waals surface area contributed by atoms with Gasteiger partial charge < -0.3 is 5.32 Å². The van der Waals surface area contributed by atoms with Crippen LogP contribution in [0.5, 0.6) is 0 Å². The van der Waals surface area contributed by atoms with E-state index in [1.807, 2.05) is 7.05 Å². The molecule has 0 saturated heterocycles. The third kappa shape index (κ3) is 2.01. The van der Waals surface area contributed by atoms with Gasteiger partial charge in [-0.15, -0.1) is 0 Å². The summed E-state index contributed by atoms with van der Waals surface area (Å²) >= 11 is 0. The highest BCUT2D eigenvalue weighted by atomic mass is 15.3. The summed E-state index contributed by atoms with van der Waals surface area (Å²) in [6.45, 7) is 2.16. The Morgan fingerprint density at radius 1 is 1.73 bits per heavy atom. The first kappa shape index (κ1) is 8.20. The SMILES string of the molecule is CCCC(NC)c1cn[nH]n1. The third-order valence-corrected chi connectivity index (χ3v) is 1.72. The van der Waals surface area contributed by atoms with Crippen LogP contribution in [0.1, 0.15) is 31.5 Å². The number of hydrogen-bond donors (Lipinski definition) is 2. The van der Waals surface area contributed by atoms with E-state index in [2.05, 4.69) is 27.7 Å².